The Labute approximate surface area is 476 Å². The largest absolute Gasteiger partial charge is 0.310 e. The second-order valence-electron chi connectivity index (χ2n) is 24.8. The van der Waals surface area contributed by atoms with Crippen molar-refractivity contribution in [3.63, 3.8) is 0 Å². The average molecular weight is 1040 g/mol. The van der Waals surface area contributed by atoms with Gasteiger partial charge in [0.2, 0.25) is 0 Å². The summed E-state index contributed by atoms with van der Waals surface area (Å²) in [5.41, 5.74) is 28.2. The van der Waals surface area contributed by atoms with Gasteiger partial charge in [0, 0.05) is 39.4 Å². The van der Waals surface area contributed by atoms with Crippen LogP contribution in [0.2, 0.25) is 0 Å². The molecule has 81 heavy (non-hydrogen) atoms. The summed E-state index contributed by atoms with van der Waals surface area (Å²) in [6.45, 7) is 4.75. The van der Waals surface area contributed by atoms with E-state index < -0.39 is 5.41 Å². The summed E-state index contributed by atoms with van der Waals surface area (Å²) in [6, 6.07) is 99.5. The van der Waals surface area contributed by atoms with E-state index in [1.54, 1.807) is 5.56 Å². The van der Waals surface area contributed by atoms with E-state index in [0.29, 0.717) is 5.92 Å². The van der Waals surface area contributed by atoms with Crippen molar-refractivity contribution in [1.82, 2.24) is 0 Å². The third-order valence-corrected chi connectivity index (χ3v) is 20.4. The molecule has 0 radical (unpaired) electrons. The number of rotatable bonds is 9. The van der Waals surface area contributed by atoms with Gasteiger partial charge in [0.05, 0.1) is 11.1 Å². The third kappa shape index (κ3) is 6.86. The van der Waals surface area contributed by atoms with E-state index in [1.807, 2.05) is 0 Å². The molecule has 11 aromatic carbocycles. The lowest BCUT2D eigenvalue weighted by Gasteiger charge is -2.34. The first-order chi connectivity index (χ1) is 39.9. The van der Waals surface area contributed by atoms with Gasteiger partial charge in [0.15, 0.2) is 0 Å². The molecule has 6 unspecified atom stereocenters. The van der Waals surface area contributed by atoms with Crippen molar-refractivity contribution in [3.8, 4) is 55.6 Å². The van der Waals surface area contributed by atoms with Crippen molar-refractivity contribution in [2.75, 3.05) is 9.80 Å². The number of hydrogen-bond acceptors (Lipinski definition) is 2. The van der Waals surface area contributed by atoms with Gasteiger partial charge < -0.3 is 9.80 Å². The van der Waals surface area contributed by atoms with Crippen LogP contribution in [0, 0.1) is 23.7 Å². The number of fused-ring (bicyclic) bond motifs is 13. The van der Waals surface area contributed by atoms with Crippen LogP contribution >= 0.6 is 0 Å². The molecule has 18 rings (SSSR count). The minimum absolute atomic E-state index is 0.113. The average Bonchev–Trinajstić information content (AvgIpc) is 3.26. The summed E-state index contributed by atoms with van der Waals surface area (Å²) in [6.07, 6.45) is 5.76. The van der Waals surface area contributed by atoms with Crippen molar-refractivity contribution >= 4 is 34.1 Å². The number of para-hydroxylation sites is 2. The van der Waals surface area contributed by atoms with Gasteiger partial charge in [-0.15, -0.1) is 0 Å². The molecule has 7 aliphatic carbocycles. The summed E-state index contributed by atoms with van der Waals surface area (Å²) in [7, 11) is 0. The molecule has 0 heterocycles. The monoisotopic (exact) mass is 1040 g/mol. The first-order valence-electron chi connectivity index (χ1n) is 29.6. The molecule has 4 bridgehead atoms. The highest BCUT2D eigenvalue weighted by molar-refractivity contribution is 6.02. The van der Waals surface area contributed by atoms with Crippen LogP contribution in [0.4, 0.5) is 34.1 Å². The standard InChI is InChI=1S/C79H62N2/c1-78(2)70-29-17-15-28-63(70)68-46-60(37-40-71(68)78)81(58-25-13-6-14-26-58)76-49-75-69(48-65(76)52-21-9-4-10-22-52)67-45-54(51-19-7-3-8-20-51)33-39-73(67)79(75)72-30-18-16-27-62(72)64-38-36-61(47-74(64)79)80(57-23-11-5-12-24-57)59-34-31-53(32-35-59)77-56-42-50-41-55(44-56)66(77)43-50/h3-40,45-50,55-56,66,77H,41-44H2,1-2H3. The van der Waals surface area contributed by atoms with E-state index in [9.17, 15) is 0 Å². The van der Waals surface area contributed by atoms with Crippen LogP contribution in [0.5, 0.6) is 0 Å². The molecule has 11 aromatic rings. The molecule has 0 aliphatic heterocycles. The first-order valence-corrected chi connectivity index (χ1v) is 29.6. The lowest BCUT2D eigenvalue weighted by atomic mass is 9.70. The van der Waals surface area contributed by atoms with Gasteiger partial charge in [-0.1, -0.05) is 196 Å². The van der Waals surface area contributed by atoms with Crippen LogP contribution in [0.1, 0.15) is 84.4 Å². The summed E-state index contributed by atoms with van der Waals surface area (Å²) in [5.74, 6) is 4.32. The van der Waals surface area contributed by atoms with Gasteiger partial charge in [0.1, 0.15) is 0 Å². The number of anilines is 6. The maximum atomic E-state index is 2.60. The maximum Gasteiger partial charge on any atom is 0.0727 e. The van der Waals surface area contributed by atoms with Gasteiger partial charge in [-0.25, -0.2) is 0 Å². The van der Waals surface area contributed by atoms with E-state index in [0.717, 1.165) is 52.1 Å². The van der Waals surface area contributed by atoms with E-state index in [4.69, 9.17) is 0 Å². The van der Waals surface area contributed by atoms with E-state index in [1.165, 1.54) is 120 Å². The minimum Gasteiger partial charge on any atom is -0.310 e. The Morgan fingerprint density at radius 3 is 1.54 bits per heavy atom. The molecule has 388 valence electrons. The Kier molecular flexibility index (Phi) is 10.3. The second kappa shape index (κ2) is 17.8. The van der Waals surface area contributed by atoms with E-state index in [-0.39, 0.29) is 5.41 Å². The molecule has 1 spiro atoms. The SMILES string of the molecule is CC1(C)c2ccccc2-c2cc(N(c3ccccc3)c3cc4c(cc3-c3ccccc3)-c3cc(-c5ccccc5)ccc3C43c4ccccc4-c4ccc(N(c5ccccc5)c5ccc(C6C7CC8CC(C7)C6C8)cc5)cc43)ccc21. The van der Waals surface area contributed by atoms with Gasteiger partial charge in [-0.3, -0.25) is 0 Å². The summed E-state index contributed by atoms with van der Waals surface area (Å²) in [4.78, 5) is 5.06. The van der Waals surface area contributed by atoms with Crippen LogP contribution in [0.3, 0.4) is 0 Å². The highest BCUT2D eigenvalue weighted by Gasteiger charge is 2.55. The Hall–Kier alpha value is -8.98. The zero-order chi connectivity index (χ0) is 53.6. The Morgan fingerprint density at radius 2 is 0.815 bits per heavy atom. The van der Waals surface area contributed by atoms with E-state index in [2.05, 4.69) is 285 Å². The van der Waals surface area contributed by atoms with Crippen LogP contribution in [-0.2, 0) is 10.8 Å². The maximum absolute atomic E-state index is 2.60. The van der Waals surface area contributed by atoms with Crippen LogP contribution in [-0.4, -0.2) is 0 Å². The molecule has 6 atom stereocenters. The van der Waals surface area contributed by atoms with Crippen molar-refractivity contribution in [3.05, 3.63) is 300 Å². The number of benzene rings is 11. The normalized spacial score (nSPS) is 21.3. The van der Waals surface area contributed by atoms with Gasteiger partial charge in [-0.2, -0.15) is 0 Å². The molecular weight excluding hydrogens is 977 g/mol. The Bertz CT molecular complexity index is 4290. The quantitative estimate of drug-likeness (QED) is 0.142. The van der Waals surface area contributed by atoms with Crippen LogP contribution in [0.25, 0.3) is 55.6 Å². The number of hydrogen-bond donors (Lipinski definition) is 0. The highest BCUT2D eigenvalue weighted by Crippen LogP contribution is 2.67. The molecule has 0 saturated heterocycles. The molecule has 0 amide bonds. The highest BCUT2D eigenvalue weighted by atomic mass is 15.2. The molecule has 7 aliphatic rings. The van der Waals surface area contributed by atoms with Crippen molar-refractivity contribution in [1.29, 1.82) is 0 Å². The zero-order valence-electron chi connectivity index (χ0n) is 45.9. The fourth-order valence-electron chi connectivity index (χ4n) is 17.2. The Morgan fingerprint density at radius 1 is 0.309 bits per heavy atom. The van der Waals surface area contributed by atoms with Crippen molar-refractivity contribution in [2.45, 2.75) is 56.3 Å². The first kappa shape index (κ1) is 46.9. The number of nitrogens with zero attached hydrogens (tertiary/aromatic N) is 2. The minimum atomic E-state index is -0.664. The van der Waals surface area contributed by atoms with Crippen LogP contribution in [0.15, 0.2) is 261 Å². The lowest BCUT2D eigenvalue weighted by Crippen LogP contribution is -2.26. The Balaban J connectivity index is 0.918. The smallest absolute Gasteiger partial charge is 0.0727 e. The fourth-order valence-corrected chi connectivity index (χ4v) is 17.2. The zero-order valence-corrected chi connectivity index (χ0v) is 45.9. The predicted molar refractivity (Wildman–Crippen MR) is 336 cm³/mol. The molecule has 2 nitrogen and oxygen atoms in total. The molecular formula is C79H62N2. The van der Waals surface area contributed by atoms with Crippen molar-refractivity contribution in [2.24, 2.45) is 23.7 Å². The molecule has 4 saturated carbocycles. The predicted octanol–water partition coefficient (Wildman–Crippen LogP) is 20.8. The molecule has 0 N–H and O–H groups in total. The van der Waals surface area contributed by atoms with Crippen molar-refractivity contribution < 1.29 is 0 Å². The fraction of sp³-hybridized carbons (Fsp3) is 0.165. The summed E-state index contributed by atoms with van der Waals surface area (Å²) in [5, 5.41) is 0. The van der Waals surface area contributed by atoms with Gasteiger partial charge in [0.25, 0.3) is 0 Å². The topological polar surface area (TPSA) is 6.48 Å². The molecule has 2 heteroatoms. The summed E-state index contributed by atoms with van der Waals surface area (Å²) >= 11 is 0. The third-order valence-electron chi connectivity index (χ3n) is 20.4. The van der Waals surface area contributed by atoms with Gasteiger partial charge >= 0.3 is 0 Å². The molecule has 0 aromatic heterocycles. The van der Waals surface area contributed by atoms with Crippen LogP contribution < -0.4 is 9.80 Å². The van der Waals surface area contributed by atoms with E-state index >= 15 is 0 Å². The lowest BCUT2D eigenvalue weighted by molar-refractivity contribution is 0.249. The molecule has 4 fully saturated rings. The summed E-state index contributed by atoms with van der Waals surface area (Å²) < 4.78 is 0. The second-order valence-corrected chi connectivity index (χ2v) is 24.8. The van der Waals surface area contributed by atoms with Gasteiger partial charge in [-0.05, 0) is 223 Å².